The number of aryl methyl sites for hydroxylation is 1. The zero-order valence-electron chi connectivity index (χ0n) is 12.5. The highest BCUT2D eigenvalue weighted by Gasteiger charge is 2.37. The van der Waals surface area contributed by atoms with E-state index in [2.05, 4.69) is 20.2 Å². The minimum absolute atomic E-state index is 0.0273. The SMILES string of the molecule is CNCc1c(S(=O)(=O)NCC2(OC)CCOC2)n[nH]c1C. The highest BCUT2D eigenvalue weighted by Crippen LogP contribution is 2.23. The first-order valence-electron chi connectivity index (χ1n) is 6.75. The number of ether oxygens (including phenoxy) is 2. The average molecular weight is 318 g/mol. The number of methoxy groups -OCH3 is 1. The smallest absolute Gasteiger partial charge is 0.260 e. The lowest BCUT2D eigenvalue weighted by Gasteiger charge is -2.25. The summed E-state index contributed by atoms with van der Waals surface area (Å²) in [6.07, 6.45) is 0.662. The van der Waals surface area contributed by atoms with Gasteiger partial charge in [0.2, 0.25) is 0 Å². The molecular formula is C12H22N4O4S. The number of aromatic amines is 1. The van der Waals surface area contributed by atoms with Crippen molar-refractivity contribution in [3.63, 3.8) is 0 Å². The predicted octanol–water partition coefficient (Wildman–Crippen LogP) is -0.479. The van der Waals surface area contributed by atoms with E-state index in [4.69, 9.17) is 9.47 Å². The molecule has 1 fully saturated rings. The van der Waals surface area contributed by atoms with Gasteiger partial charge < -0.3 is 14.8 Å². The summed E-state index contributed by atoms with van der Waals surface area (Å²) in [5.41, 5.74) is 0.774. The molecule has 1 unspecified atom stereocenters. The van der Waals surface area contributed by atoms with E-state index in [1.165, 1.54) is 0 Å². The summed E-state index contributed by atoms with van der Waals surface area (Å²) in [6.45, 7) is 3.34. The van der Waals surface area contributed by atoms with E-state index in [1.807, 2.05) is 0 Å². The fourth-order valence-corrected chi connectivity index (χ4v) is 3.60. The summed E-state index contributed by atoms with van der Waals surface area (Å²) in [7, 11) is -0.376. The summed E-state index contributed by atoms with van der Waals surface area (Å²) in [4.78, 5) is 0. The Hall–Kier alpha value is -1.00. The number of nitrogens with one attached hydrogen (secondary N) is 3. The molecule has 21 heavy (non-hydrogen) atoms. The third kappa shape index (κ3) is 3.43. The van der Waals surface area contributed by atoms with Crippen molar-refractivity contribution in [1.29, 1.82) is 0 Å². The Balaban J connectivity index is 2.15. The summed E-state index contributed by atoms with van der Waals surface area (Å²) in [5.74, 6) is 0. The van der Waals surface area contributed by atoms with Crippen molar-refractivity contribution < 1.29 is 17.9 Å². The van der Waals surface area contributed by atoms with Crippen LogP contribution in [0.25, 0.3) is 0 Å². The van der Waals surface area contributed by atoms with Crippen LogP contribution in [0.1, 0.15) is 17.7 Å². The summed E-state index contributed by atoms with van der Waals surface area (Å²) < 4.78 is 38.2. The summed E-state index contributed by atoms with van der Waals surface area (Å²) >= 11 is 0. The van der Waals surface area contributed by atoms with Crippen LogP contribution in [0.4, 0.5) is 0 Å². The molecule has 1 aromatic rings. The molecule has 0 saturated carbocycles. The van der Waals surface area contributed by atoms with Gasteiger partial charge >= 0.3 is 0 Å². The van der Waals surface area contributed by atoms with Crippen LogP contribution in [0.5, 0.6) is 0 Å². The Kier molecular flexibility index (Phi) is 4.99. The summed E-state index contributed by atoms with van der Waals surface area (Å²) in [6, 6.07) is 0. The minimum Gasteiger partial charge on any atom is -0.378 e. The van der Waals surface area contributed by atoms with Crippen LogP contribution in [-0.2, 0) is 26.0 Å². The lowest BCUT2D eigenvalue weighted by molar-refractivity contribution is -0.0120. The largest absolute Gasteiger partial charge is 0.378 e. The van der Waals surface area contributed by atoms with Crippen LogP contribution in [0.2, 0.25) is 0 Å². The second-order valence-electron chi connectivity index (χ2n) is 5.18. The monoisotopic (exact) mass is 318 g/mol. The molecule has 0 spiro atoms. The molecule has 0 amide bonds. The fraction of sp³-hybridized carbons (Fsp3) is 0.750. The van der Waals surface area contributed by atoms with Gasteiger partial charge in [0.05, 0.1) is 6.61 Å². The van der Waals surface area contributed by atoms with Gasteiger partial charge in [-0.3, -0.25) is 5.10 Å². The normalized spacial score (nSPS) is 22.8. The number of nitrogens with zero attached hydrogens (tertiary/aromatic N) is 1. The first-order chi connectivity index (χ1) is 9.94. The molecule has 8 nitrogen and oxygen atoms in total. The molecule has 0 bridgehead atoms. The molecule has 1 atom stereocenters. The molecule has 1 aliphatic rings. The van der Waals surface area contributed by atoms with E-state index < -0.39 is 15.6 Å². The van der Waals surface area contributed by atoms with Gasteiger partial charge in [0, 0.05) is 44.5 Å². The standard InChI is InChI=1S/C12H22N4O4S/c1-9-10(6-13-2)11(16-15-9)21(17,18)14-7-12(19-3)4-5-20-8-12/h13-14H,4-8H2,1-3H3,(H,15,16). The quantitative estimate of drug-likeness (QED) is 0.627. The van der Waals surface area contributed by atoms with Crippen LogP contribution in [0.15, 0.2) is 5.03 Å². The molecule has 2 heterocycles. The van der Waals surface area contributed by atoms with Gasteiger partial charge in [-0.15, -0.1) is 0 Å². The fourth-order valence-electron chi connectivity index (χ4n) is 2.29. The Labute approximate surface area is 124 Å². The molecular weight excluding hydrogens is 296 g/mol. The van der Waals surface area contributed by atoms with Gasteiger partial charge in [0.1, 0.15) is 5.60 Å². The Morgan fingerprint density at radius 2 is 2.29 bits per heavy atom. The maximum atomic E-state index is 12.4. The number of H-pyrrole nitrogens is 1. The van der Waals surface area contributed by atoms with Gasteiger partial charge in [-0.25, -0.2) is 13.1 Å². The lowest BCUT2D eigenvalue weighted by atomic mass is 10.0. The highest BCUT2D eigenvalue weighted by molar-refractivity contribution is 7.89. The van der Waals surface area contributed by atoms with Crippen molar-refractivity contribution in [3.8, 4) is 0 Å². The van der Waals surface area contributed by atoms with Crippen molar-refractivity contribution in [2.75, 3.05) is 33.9 Å². The second-order valence-corrected chi connectivity index (χ2v) is 6.86. The van der Waals surface area contributed by atoms with Gasteiger partial charge in [-0.2, -0.15) is 5.10 Å². The van der Waals surface area contributed by atoms with Crippen molar-refractivity contribution in [1.82, 2.24) is 20.2 Å². The van der Waals surface area contributed by atoms with E-state index in [0.29, 0.717) is 31.7 Å². The predicted molar refractivity (Wildman–Crippen MR) is 76.5 cm³/mol. The lowest BCUT2D eigenvalue weighted by Crippen LogP contribution is -2.45. The molecule has 1 aromatic heterocycles. The Morgan fingerprint density at radius 3 is 2.86 bits per heavy atom. The zero-order chi connectivity index (χ0) is 15.5. The number of aromatic nitrogens is 2. The van der Waals surface area contributed by atoms with Crippen LogP contribution in [0, 0.1) is 6.92 Å². The van der Waals surface area contributed by atoms with E-state index in [0.717, 1.165) is 5.69 Å². The van der Waals surface area contributed by atoms with Crippen LogP contribution in [0.3, 0.4) is 0 Å². The number of hydrogen-bond donors (Lipinski definition) is 3. The van der Waals surface area contributed by atoms with Crippen LogP contribution in [-0.4, -0.2) is 58.1 Å². The van der Waals surface area contributed by atoms with Crippen molar-refractivity contribution >= 4 is 10.0 Å². The molecule has 2 rings (SSSR count). The van der Waals surface area contributed by atoms with Crippen molar-refractivity contribution in [3.05, 3.63) is 11.3 Å². The molecule has 0 aliphatic carbocycles. The number of hydrogen-bond acceptors (Lipinski definition) is 6. The molecule has 1 aliphatic heterocycles. The molecule has 9 heteroatoms. The van der Waals surface area contributed by atoms with E-state index in [1.54, 1.807) is 21.1 Å². The topological polar surface area (TPSA) is 105 Å². The highest BCUT2D eigenvalue weighted by atomic mass is 32.2. The maximum Gasteiger partial charge on any atom is 0.260 e. The Bertz CT molecular complexity index is 578. The number of sulfonamides is 1. The third-order valence-electron chi connectivity index (χ3n) is 3.73. The molecule has 0 aromatic carbocycles. The molecule has 1 saturated heterocycles. The minimum atomic E-state index is -3.70. The van der Waals surface area contributed by atoms with Gasteiger partial charge in [-0.1, -0.05) is 0 Å². The van der Waals surface area contributed by atoms with Crippen molar-refractivity contribution in [2.45, 2.75) is 30.5 Å². The van der Waals surface area contributed by atoms with Gasteiger partial charge in [0.15, 0.2) is 5.03 Å². The molecule has 0 radical (unpaired) electrons. The van der Waals surface area contributed by atoms with Crippen LogP contribution < -0.4 is 10.0 Å². The summed E-state index contributed by atoms with van der Waals surface area (Å²) in [5, 5.41) is 9.60. The van der Waals surface area contributed by atoms with Crippen LogP contribution >= 0.6 is 0 Å². The van der Waals surface area contributed by atoms with E-state index >= 15 is 0 Å². The van der Waals surface area contributed by atoms with Crippen molar-refractivity contribution in [2.24, 2.45) is 0 Å². The van der Waals surface area contributed by atoms with Gasteiger partial charge in [0.25, 0.3) is 10.0 Å². The molecule has 3 N–H and O–H groups in total. The maximum absolute atomic E-state index is 12.4. The Morgan fingerprint density at radius 1 is 1.52 bits per heavy atom. The molecule has 120 valence electrons. The second kappa shape index (κ2) is 6.41. The number of rotatable bonds is 7. The van der Waals surface area contributed by atoms with E-state index in [-0.39, 0.29) is 11.6 Å². The van der Waals surface area contributed by atoms with E-state index in [9.17, 15) is 8.42 Å². The van der Waals surface area contributed by atoms with Gasteiger partial charge in [-0.05, 0) is 14.0 Å². The average Bonchev–Trinajstić information content (AvgIpc) is 3.06. The first kappa shape index (κ1) is 16.4. The first-order valence-corrected chi connectivity index (χ1v) is 8.23. The third-order valence-corrected chi connectivity index (χ3v) is 5.10. The zero-order valence-corrected chi connectivity index (χ0v) is 13.3.